The Balaban J connectivity index is 2.00. The van der Waals surface area contributed by atoms with Gasteiger partial charge in [0.15, 0.2) is 17.3 Å². The predicted molar refractivity (Wildman–Crippen MR) is 136 cm³/mol. The molecule has 8 heteroatoms. The first kappa shape index (κ1) is 27.2. The van der Waals surface area contributed by atoms with Gasteiger partial charge in [0.1, 0.15) is 11.7 Å². The molecule has 1 fully saturated rings. The Labute approximate surface area is 212 Å². The average molecular weight is 498 g/mol. The van der Waals surface area contributed by atoms with Gasteiger partial charge in [-0.3, -0.25) is 14.4 Å². The van der Waals surface area contributed by atoms with Crippen molar-refractivity contribution in [3.05, 3.63) is 53.1 Å². The molecule has 194 valence electrons. The molecular weight excluding hydrogens is 460 g/mol. The number of amides is 1. The van der Waals surface area contributed by atoms with Crippen molar-refractivity contribution < 1.29 is 33.9 Å². The Morgan fingerprint density at radius 2 is 1.86 bits per heavy atom. The summed E-state index contributed by atoms with van der Waals surface area (Å²) in [5.41, 5.74) is 1.63. The molecule has 1 aliphatic heterocycles. The quantitative estimate of drug-likeness (QED) is 0.281. The molecule has 0 saturated carbocycles. The van der Waals surface area contributed by atoms with Crippen molar-refractivity contribution in [2.45, 2.75) is 33.2 Å². The number of Topliss-reactive ketones (excluding diaryl/α,β-unsaturated/α-hetero) is 2. The number of ether oxygens (including phenoxy) is 2. The van der Waals surface area contributed by atoms with Crippen molar-refractivity contribution >= 4 is 17.5 Å². The number of nitrogens with zero attached hydrogens (tertiary/aromatic N) is 1. The predicted octanol–water partition coefficient (Wildman–Crippen LogP) is 2.23. The minimum Gasteiger partial charge on any atom is -0.504 e. The Hall–Kier alpha value is -3.39. The SMILES string of the molecule is COc1cc(C2C(C(=O)c3ccc(OCC(C)C)cc3C)C(=O)C(=O)N2CCC[NH+](C)C)ccc1O. The number of phenols is 1. The van der Waals surface area contributed by atoms with E-state index in [4.69, 9.17) is 9.47 Å². The number of aryl methyl sites for hydroxylation is 1. The minimum atomic E-state index is -1.19. The van der Waals surface area contributed by atoms with Gasteiger partial charge in [-0.25, -0.2) is 0 Å². The third kappa shape index (κ3) is 5.87. The molecule has 0 bridgehead atoms. The summed E-state index contributed by atoms with van der Waals surface area (Å²) < 4.78 is 11.0. The second kappa shape index (κ2) is 11.6. The fourth-order valence-electron chi connectivity index (χ4n) is 4.51. The Morgan fingerprint density at radius 3 is 2.47 bits per heavy atom. The monoisotopic (exact) mass is 497 g/mol. The minimum absolute atomic E-state index is 0.0598. The molecule has 8 nitrogen and oxygen atoms in total. The van der Waals surface area contributed by atoms with E-state index in [0.717, 1.165) is 6.54 Å². The van der Waals surface area contributed by atoms with Crippen LogP contribution in [-0.4, -0.2) is 68.4 Å². The molecule has 2 unspecified atom stereocenters. The highest BCUT2D eigenvalue weighted by Gasteiger charge is 2.51. The highest BCUT2D eigenvalue weighted by molar-refractivity contribution is 6.44. The molecule has 3 rings (SSSR count). The van der Waals surface area contributed by atoms with Crippen LogP contribution in [0, 0.1) is 18.8 Å². The highest BCUT2D eigenvalue weighted by atomic mass is 16.5. The molecule has 2 aromatic rings. The van der Waals surface area contributed by atoms with E-state index in [0.29, 0.717) is 47.9 Å². The van der Waals surface area contributed by atoms with Crippen LogP contribution in [0.3, 0.4) is 0 Å². The number of carbonyl (C=O) groups is 3. The number of phenolic OH excluding ortho intramolecular Hbond substituents is 1. The van der Waals surface area contributed by atoms with E-state index in [1.807, 2.05) is 14.1 Å². The maximum absolute atomic E-state index is 13.8. The first-order valence-corrected chi connectivity index (χ1v) is 12.3. The Kier molecular flexibility index (Phi) is 8.74. The molecule has 2 N–H and O–H groups in total. The zero-order valence-electron chi connectivity index (χ0n) is 22.0. The number of aromatic hydroxyl groups is 1. The van der Waals surface area contributed by atoms with Crippen molar-refractivity contribution in [1.82, 2.24) is 4.90 Å². The summed E-state index contributed by atoms with van der Waals surface area (Å²) >= 11 is 0. The number of quaternary nitrogens is 1. The van der Waals surface area contributed by atoms with Gasteiger partial charge in [-0.2, -0.15) is 0 Å². The van der Waals surface area contributed by atoms with Gasteiger partial charge in [-0.15, -0.1) is 0 Å². The fourth-order valence-corrected chi connectivity index (χ4v) is 4.51. The number of nitrogens with one attached hydrogen (secondary N) is 1. The van der Waals surface area contributed by atoms with Crippen LogP contribution in [0.1, 0.15) is 47.8 Å². The summed E-state index contributed by atoms with van der Waals surface area (Å²) in [6, 6.07) is 9.06. The normalized spacial score (nSPS) is 17.8. The topological polar surface area (TPSA) is 97.6 Å². The molecule has 0 radical (unpaired) electrons. The summed E-state index contributed by atoms with van der Waals surface area (Å²) in [7, 11) is 5.46. The second-order valence-corrected chi connectivity index (χ2v) is 10.1. The molecule has 2 atom stereocenters. The number of hydrogen-bond donors (Lipinski definition) is 2. The third-order valence-corrected chi connectivity index (χ3v) is 6.36. The Morgan fingerprint density at radius 1 is 1.14 bits per heavy atom. The van der Waals surface area contributed by atoms with Gasteiger partial charge in [-0.1, -0.05) is 19.9 Å². The molecule has 1 heterocycles. The maximum atomic E-state index is 13.8. The summed E-state index contributed by atoms with van der Waals surface area (Å²) in [5, 5.41) is 10.1. The van der Waals surface area contributed by atoms with Crippen LogP contribution in [0.5, 0.6) is 17.2 Å². The molecule has 1 amide bonds. The van der Waals surface area contributed by atoms with E-state index in [1.165, 1.54) is 23.0 Å². The van der Waals surface area contributed by atoms with Crippen LogP contribution in [0.4, 0.5) is 0 Å². The van der Waals surface area contributed by atoms with E-state index in [1.54, 1.807) is 37.3 Å². The van der Waals surface area contributed by atoms with Crippen molar-refractivity contribution in [2.75, 3.05) is 40.9 Å². The largest absolute Gasteiger partial charge is 0.504 e. The van der Waals surface area contributed by atoms with Gasteiger partial charge in [0.25, 0.3) is 5.91 Å². The zero-order valence-corrected chi connectivity index (χ0v) is 22.0. The van der Waals surface area contributed by atoms with Gasteiger partial charge in [0.2, 0.25) is 5.78 Å². The van der Waals surface area contributed by atoms with Crippen LogP contribution >= 0.6 is 0 Å². The van der Waals surface area contributed by atoms with Gasteiger partial charge < -0.3 is 24.4 Å². The van der Waals surface area contributed by atoms with E-state index in [-0.39, 0.29) is 11.5 Å². The number of benzene rings is 2. The van der Waals surface area contributed by atoms with Crippen LogP contribution in [-0.2, 0) is 9.59 Å². The van der Waals surface area contributed by atoms with Crippen LogP contribution in [0.15, 0.2) is 36.4 Å². The number of methoxy groups -OCH3 is 1. The molecule has 1 saturated heterocycles. The Bertz CT molecular complexity index is 1130. The maximum Gasteiger partial charge on any atom is 0.291 e. The molecular formula is C28H37N2O6+. The van der Waals surface area contributed by atoms with Crippen molar-refractivity contribution in [1.29, 1.82) is 0 Å². The lowest BCUT2D eigenvalue weighted by Gasteiger charge is -2.28. The van der Waals surface area contributed by atoms with Crippen molar-refractivity contribution in [2.24, 2.45) is 11.8 Å². The lowest BCUT2D eigenvalue weighted by atomic mass is 9.85. The highest BCUT2D eigenvalue weighted by Crippen LogP contribution is 2.41. The third-order valence-electron chi connectivity index (χ3n) is 6.36. The zero-order chi connectivity index (χ0) is 26.6. The van der Waals surface area contributed by atoms with E-state index in [9.17, 15) is 19.5 Å². The smallest absolute Gasteiger partial charge is 0.291 e. The fraction of sp³-hybridized carbons (Fsp3) is 0.464. The molecule has 36 heavy (non-hydrogen) atoms. The first-order valence-electron chi connectivity index (χ1n) is 12.3. The lowest BCUT2D eigenvalue weighted by molar-refractivity contribution is -0.858. The van der Waals surface area contributed by atoms with Gasteiger partial charge in [0.05, 0.1) is 40.4 Å². The number of ketones is 2. The molecule has 0 aliphatic carbocycles. The standard InChI is InChI=1S/C28H36N2O6/c1-17(2)16-36-20-9-10-21(18(3)14-20)26(32)24-25(19-8-11-22(31)23(15-19)35-6)30(28(34)27(24)33)13-7-12-29(4)5/h8-11,14-15,17,24-25,31H,7,12-13,16H2,1-6H3/p+1. The molecule has 2 aromatic carbocycles. The number of likely N-dealkylation sites (tertiary alicyclic amines) is 1. The molecule has 0 aromatic heterocycles. The van der Waals surface area contributed by atoms with Crippen molar-refractivity contribution in [3.63, 3.8) is 0 Å². The average Bonchev–Trinajstić information content (AvgIpc) is 3.07. The summed E-state index contributed by atoms with van der Waals surface area (Å²) in [5.74, 6) is -1.81. The van der Waals surface area contributed by atoms with Gasteiger partial charge in [-0.05, 0) is 54.3 Å². The molecule has 1 aliphatic rings. The van der Waals surface area contributed by atoms with E-state index in [2.05, 4.69) is 13.8 Å². The van der Waals surface area contributed by atoms with Crippen LogP contribution in [0.2, 0.25) is 0 Å². The van der Waals surface area contributed by atoms with Crippen LogP contribution in [0.25, 0.3) is 0 Å². The summed E-state index contributed by atoms with van der Waals surface area (Å²) in [4.78, 5) is 42.9. The van der Waals surface area contributed by atoms with E-state index >= 15 is 0 Å². The number of rotatable bonds is 11. The van der Waals surface area contributed by atoms with Gasteiger partial charge in [0, 0.05) is 18.5 Å². The summed E-state index contributed by atoms with van der Waals surface area (Å²) in [6.45, 7) is 7.60. The van der Waals surface area contributed by atoms with Crippen molar-refractivity contribution in [3.8, 4) is 17.2 Å². The summed E-state index contributed by atoms with van der Waals surface area (Å²) in [6.07, 6.45) is 0.675. The van der Waals surface area contributed by atoms with Gasteiger partial charge >= 0.3 is 0 Å². The lowest BCUT2D eigenvalue weighted by Crippen LogP contribution is -3.05. The number of carbonyl (C=O) groups excluding carboxylic acids is 3. The molecule has 0 spiro atoms. The van der Waals surface area contributed by atoms with Crippen LogP contribution < -0.4 is 14.4 Å². The second-order valence-electron chi connectivity index (χ2n) is 10.1. The van der Waals surface area contributed by atoms with E-state index < -0.39 is 29.4 Å². The number of hydrogen-bond acceptors (Lipinski definition) is 6. The first-order chi connectivity index (χ1) is 17.0.